The molecular formula is C14H17FN2O3. The summed E-state index contributed by atoms with van der Waals surface area (Å²) in [6.45, 7) is 0. The van der Waals surface area contributed by atoms with Gasteiger partial charge in [0.1, 0.15) is 5.82 Å². The molecule has 6 heteroatoms. The van der Waals surface area contributed by atoms with E-state index in [2.05, 4.69) is 5.32 Å². The van der Waals surface area contributed by atoms with Gasteiger partial charge < -0.3 is 15.3 Å². The van der Waals surface area contributed by atoms with Gasteiger partial charge in [0.05, 0.1) is 11.3 Å². The predicted molar refractivity (Wildman–Crippen MR) is 72.4 cm³/mol. The van der Waals surface area contributed by atoms with E-state index < -0.39 is 11.8 Å². The summed E-state index contributed by atoms with van der Waals surface area (Å²) in [6, 6.07) is 3.10. The maximum Gasteiger partial charge on any atom is 0.337 e. The molecule has 0 saturated heterocycles. The Morgan fingerprint density at radius 3 is 2.60 bits per heavy atom. The molecule has 2 amide bonds. The van der Waals surface area contributed by atoms with E-state index in [1.807, 2.05) is 0 Å². The van der Waals surface area contributed by atoms with Crippen molar-refractivity contribution in [1.29, 1.82) is 0 Å². The van der Waals surface area contributed by atoms with Crippen molar-refractivity contribution in [3.05, 3.63) is 29.6 Å². The molecule has 0 spiro atoms. The van der Waals surface area contributed by atoms with Crippen LogP contribution in [0.4, 0.5) is 14.9 Å². The molecule has 0 atom stereocenters. The van der Waals surface area contributed by atoms with Crippen molar-refractivity contribution in [1.82, 2.24) is 4.90 Å². The molecule has 1 aliphatic rings. The first-order valence-electron chi connectivity index (χ1n) is 6.55. The summed E-state index contributed by atoms with van der Waals surface area (Å²) >= 11 is 0. The summed E-state index contributed by atoms with van der Waals surface area (Å²) in [6.07, 6.45) is 4.11. The van der Waals surface area contributed by atoms with Gasteiger partial charge in [0.25, 0.3) is 0 Å². The topological polar surface area (TPSA) is 69.6 Å². The number of carbonyl (C=O) groups excluding carboxylic acids is 1. The van der Waals surface area contributed by atoms with Gasteiger partial charge in [-0.3, -0.25) is 0 Å². The zero-order chi connectivity index (χ0) is 14.7. The number of anilines is 1. The fourth-order valence-corrected chi connectivity index (χ4v) is 2.46. The van der Waals surface area contributed by atoms with Crippen LogP contribution in [0.3, 0.4) is 0 Å². The van der Waals surface area contributed by atoms with Gasteiger partial charge in [-0.1, -0.05) is 12.8 Å². The number of rotatable bonds is 3. The lowest BCUT2D eigenvalue weighted by Gasteiger charge is -2.24. The van der Waals surface area contributed by atoms with Crippen molar-refractivity contribution >= 4 is 17.7 Å². The second-order valence-corrected chi connectivity index (χ2v) is 4.97. The molecule has 1 fully saturated rings. The van der Waals surface area contributed by atoms with Gasteiger partial charge in [0.2, 0.25) is 0 Å². The molecule has 0 radical (unpaired) electrons. The van der Waals surface area contributed by atoms with Gasteiger partial charge in [-0.25, -0.2) is 14.0 Å². The third-order valence-corrected chi connectivity index (χ3v) is 3.65. The number of halogens is 1. The van der Waals surface area contributed by atoms with Crippen LogP contribution in [-0.2, 0) is 0 Å². The molecular weight excluding hydrogens is 263 g/mol. The summed E-state index contributed by atoms with van der Waals surface area (Å²) in [5.74, 6) is -1.92. The lowest BCUT2D eigenvalue weighted by molar-refractivity contribution is 0.0697. The SMILES string of the molecule is CN(C(=O)Nc1ccc(F)cc1C(=O)O)C1CCCC1. The monoisotopic (exact) mass is 280 g/mol. The first-order valence-corrected chi connectivity index (χ1v) is 6.55. The van der Waals surface area contributed by atoms with Gasteiger partial charge in [0.15, 0.2) is 0 Å². The number of carboxylic acids is 1. The minimum absolute atomic E-state index is 0.105. The lowest BCUT2D eigenvalue weighted by atomic mass is 10.1. The molecule has 108 valence electrons. The molecule has 0 aromatic heterocycles. The summed E-state index contributed by atoms with van der Waals surface area (Å²) < 4.78 is 13.1. The van der Waals surface area contributed by atoms with Crippen LogP contribution < -0.4 is 5.32 Å². The van der Waals surface area contributed by atoms with Gasteiger partial charge in [-0.2, -0.15) is 0 Å². The highest BCUT2D eigenvalue weighted by atomic mass is 19.1. The zero-order valence-electron chi connectivity index (χ0n) is 11.2. The van der Waals surface area contributed by atoms with Crippen LogP contribution in [0.25, 0.3) is 0 Å². The van der Waals surface area contributed by atoms with E-state index in [0.717, 1.165) is 37.8 Å². The average molecular weight is 280 g/mol. The first-order chi connectivity index (χ1) is 9.49. The third-order valence-electron chi connectivity index (χ3n) is 3.65. The molecule has 1 aromatic carbocycles. The van der Waals surface area contributed by atoms with Crippen LogP contribution in [0.1, 0.15) is 36.0 Å². The molecule has 0 bridgehead atoms. The Kier molecular flexibility index (Phi) is 4.22. The normalized spacial score (nSPS) is 15.1. The Bertz CT molecular complexity index is 527. The van der Waals surface area contributed by atoms with Crippen LogP contribution >= 0.6 is 0 Å². The van der Waals surface area contributed by atoms with Crippen molar-refractivity contribution in [3.8, 4) is 0 Å². The van der Waals surface area contributed by atoms with Crippen molar-refractivity contribution in [2.24, 2.45) is 0 Å². The van der Waals surface area contributed by atoms with Crippen molar-refractivity contribution in [2.45, 2.75) is 31.7 Å². The standard InChI is InChI=1S/C14H17FN2O3/c1-17(10-4-2-3-5-10)14(20)16-12-7-6-9(15)8-11(12)13(18)19/h6-8,10H,2-5H2,1H3,(H,16,20)(H,18,19). The molecule has 1 aliphatic carbocycles. The number of amides is 2. The van der Waals surface area contributed by atoms with Crippen LogP contribution in [0, 0.1) is 5.82 Å². The van der Waals surface area contributed by atoms with Crippen LogP contribution in [0.5, 0.6) is 0 Å². The first kappa shape index (κ1) is 14.3. The quantitative estimate of drug-likeness (QED) is 0.894. The van der Waals surface area contributed by atoms with Gasteiger partial charge in [-0.05, 0) is 31.0 Å². The average Bonchev–Trinajstić information content (AvgIpc) is 2.93. The number of carbonyl (C=O) groups is 2. The highest BCUT2D eigenvalue weighted by Crippen LogP contribution is 2.24. The summed E-state index contributed by atoms with van der Waals surface area (Å²) in [5, 5.41) is 11.6. The molecule has 20 heavy (non-hydrogen) atoms. The smallest absolute Gasteiger partial charge is 0.337 e. The number of aromatic carboxylic acids is 1. The second kappa shape index (κ2) is 5.90. The number of hydrogen-bond acceptors (Lipinski definition) is 2. The van der Waals surface area contributed by atoms with Gasteiger partial charge >= 0.3 is 12.0 Å². The van der Waals surface area contributed by atoms with E-state index >= 15 is 0 Å². The number of urea groups is 1. The molecule has 0 unspecified atom stereocenters. The maximum atomic E-state index is 13.1. The van der Waals surface area contributed by atoms with E-state index in [-0.39, 0.29) is 23.3 Å². The molecule has 5 nitrogen and oxygen atoms in total. The zero-order valence-corrected chi connectivity index (χ0v) is 11.2. The number of nitrogens with one attached hydrogen (secondary N) is 1. The van der Waals surface area contributed by atoms with Crippen LogP contribution in [0.15, 0.2) is 18.2 Å². The minimum atomic E-state index is -1.27. The third kappa shape index (κ3) is 3.07. The predicted octanol–water partition coefficient (Wildman–Crippen LogP) is 2.93. The Balaban J connectivity index is 2.12. The Morgan fingerprint density at radius 1 is 1.35 bits per heavy atom. The molecule has 0 aliphatic heterocycles. The van der Waals surface area contributed by atoms with E-state index in [0.29, 0.717) is 0 Å². The van der Waals surface area contributed by atoms with Crippen molar-refractivity contribution < 1.29 is 19.1 Å². The number of nitrogens with zero attached hydrogens (tertiary/aromatic N) is 1. The maximum absolute atomic E-state index is 13.1. The van der Waals surface area contributed by atoms with Gasteiger partial charge in [-0.15, -0.1) is 0 Å². The molecule has 0 heterocycles. The fourth-order valence-electron chi connectivity index (χ4n) is 2.46. The molecule has 1 aromatic rings. The molecule has 2 rings (SSSR count). The highest BCUT2D eigenvalue weighted by molar-refractivity contribution is 6.00. The van der Waals surface area contributed by atoms with E-state index in [9.17, 15) is 14.0 Å². The van der Waals surface area contributed by atoms with E-state index in [4.69, 9.17) is 5.11 Å². The Hall–Kier alpha value is -2.11. The Morgan fingerprint density at radius 2 is 2.00 bits per heavy atom. The minimum Gasteiger partial charge on any atom is -0.478 e. The summed E-state index contributed by atoms with van der Waals surface area (Å²) in [7, 11) is 1.69. The summed E-state index contributed by atoms with van der Waals surface area (Å²) in [4.78, 5) is 24.7. The highest BCUT2D eigenvalue weighted by Gasteiger charge is 2.24. The molecule has 2 N–H and O–H groups in total. The van der Waals surface area contributed by atoms with E-state index in [1.165, 1.54) is 6.07 Å². The van der Waals surface area contributed by atoms with Crippen molar-refractivity contribution in [2.75, 3.05) is 12.4 Å². The fraction of sp³-hybridized carbons (Fsp3) is 0.429. The number of hydrogen-bond donors (Lipinski definition) is 2. The summed E-state index contributed by atoms with van der Waals surface area (Å²) in [5.41, 5.74) is -0.146. The Labute approximate surface area is 116 Å². The van der Waals surface area contributed by atoms with Gasteiger partial charge in [0, 0.05) is 13.1 Å². The van der Waals surface area contributed by atoms with E-state index in [1.54, 1.807) is 11.9 Å². The van der Waals surface area contributed by atoms with Crippen molar-refractivity contribution in [3.63, 3.8) is 0 Å². The lowest BCUT2D eigenvalue weighted by Crippen LogP contribution is -2.38. The molecule has 1 saturated carbocycles. The number of carboxylic acid groups (broad SMARTS) is 1. The van der Waals surface area contributed by atoms with Crippen LogP contribution in [-0.4, -0.2) is 35.1 Å². The number of benzene rings is 1. The second-order valence-electron chi connectivity index (χ2n) is 4.97. The largest absolute Gasteiger partial charge is 0.478 e. The van der Waals surface area contributed by atoms with Crippen LogP contribution in [0.2, 0.25) is 0 Å².